The van der Waals surface area contributed by atoms with Gasteiger partial charge in [-0.3, -0.25) is 19.9 Å². The summed E-state index contributed by atoms with van der Waals surface area (Å²) < 4.78 is 50.4. The van der Waals surface area contributed by atoms with Crippen molar-refractivity contribution < 1.29 is 22.2 Å². The van der Waals surface area contributed by atoms with Crippen LogP contribution in [0.2, 0.25) is 0 Å². The van der Waals surface area contributed by atoms with Gasteiger partial charge in [0.25, 0.3) is 5.91 Å². The third kappa shape index (κ3) is 4.58. The molecule has 2 rings (SSSR count). The summed E-state index contributed by atoms with van der Waals surface area (Å²) >= 11 is 0. The number of nitrogens with zero attached hydrogens (tertiary/aromatic N) is 1. The minimum absolute atomic E-state index is 0.146. The molecule has 9 heteroatoms. The van der Waals surface area contributed by atoms with Gasteiger partial charge in [-0.25, -0.2) is 0 Å². The molecule has 2 aromatic carbocycles. The second kappa shape index (κ2) is 7.36. The molecule has 0 bridgehead atoms. The summed E-state index contributed by atoms with van der Waals surface area (Å²) in [7, 11) is -1.20. The van der Waals surface area contributed by atoms with Crippen molar-refractivity contribution in [2.24, 2.45) is 0 Å². The van der Waals surface area contributed by atoms with E-state index in [1.54, 1.807) is 6.07 Å². The number of amides is 1. The van der Waals surface area contributed by atoms with Crippen LogP contribution in [0.4, 0.5) is 18.9 Å². The van der Waals surface area contributed by atoms with Gasteiger partial charge in [-0.2, -0.15) is 18.4 Å². The molecule has 0 aromatic heterocycles. The maximum absolute atomic E-state index is 13.0. The van der Waals surface area contributed by atoms with Gasteiger partial charge in [0.05, 0.1) is 22.9 Å². The van der Waals surface area contributed by atoms with Crippen molar-refractivity contribution in [2.75, 3.05) is 11.7 Å². The number of anilines is 1. The van der Waals surface area contributed by atoms with Crippen LogP contribution in [0.5, 0.6) is 0 Å². The predicted octanol–water partition coefficient (Wildman–Crippen LogP) is 3.07. The molecule has 2 aromatic rings. The number of hydrogen-bond donors (Lipinski definition) is 2. The van der Waals surface area contributed by atoms with E-state index < -0.39 is 28.4 Å². The summed E-state index contributed by atoms with van der Waals surface area (Å²) in [5.74, 6) is -0.661. The van der Waals surface area contributed by atoms with Crippen LogP contribution >= 0.6 is 0 Å². The van der Waals surface area contributed by atoms with E-state index in [1.165, 1.54) is 36.6 Å². The molecule has 0 aliphatic heterocycles. The monoisotopic (exact) mass is 367 g/mol. The number of nitrogens with one attached hydrogen (secondary N) is 2. The van der Waals surface area contributed by atoms with Crippen molar-refractivity contribution in [3.05, 3.63) is 59.2 Å². The third-order valence-corrected chi connectivity index (χ3v) is 4.15. The second-order valence-corrected chi connectivity index (χ2v) is 6.31. The molecule has 5 nitrogen and oxygen atoms in total. The Labute approximate surface area is 143 Å². The largest absolute Gasteiger partial charge is 0.418 e. The van der Waals surface area contributed by atoms with Gasteiger partial charge in [-0.15, -0.1) is 0 Å². The molecule has 2 N–H and O–H groups in total. The van der Waals surface area contributed by atoms with Crippen molar-refractivity contribution >= 4 is 22.4 Å². The summed E-state index contributed by atoms with van der Waals surface area (Å²) in [4.78, 5) is 12.5. The lowest BCUT2D eigenvalue weighted by atomic mass is 10.1. The summed E-state index contributed by atoms with van der Waals surface area (Å²) in [5.41, 5.74) is 2.97. The molecule has 130 valence electrons. The molecular formula is C16H12F3N3O2S. The van der Waals surface area contributed by atoms with Gasteiger partial charge in [0, 0.05) is 27.5 Å². The first-order chi connectivity index (χ1) is 11.7. The SMILES string of the molecule is CS(=O)c1ccc(C(=O)NNc2ccc(C#N)cc2C(F)(F)F)cc1. The Morgan fingerprint density at radius 2 is 1.80 bits per heavy atom. The Bertz CT molecular complexity index is 858. The van der Waals surface area contributed by atoms with Crippen LogP contribution in [0.15, 0.2) is 47.4 Å². The smallest absolute Gasteiger partial charge is 0.298 e. The number of rotatable bonds is 4. The number of benzene rings is 2. The number of carbonyl (C=O) groups excluding carboxylic acids is 1. The lowest BCUT2D eigenvalue weighted by Gasteiger charge is -2.15. The molecule has 0 aliphatic rings. The molecule has 0 saturated heterocycles. The average Bonchev–Trinajstić information content (AvgIpc) is 2.58. The van der Waals surface area contributed by atoms with Crippen LogP contribution in [-0.2, 0) is 17.0 Å². The molecule has 0 fully saturated rings. The molecule has 1 amide bonds. The van der Waals surface area contributed by atoms with Crippen LogP contribution in [0.3, 0.4) is 0 Å². The molecule has 1 atom stereocenters. The van der Waals surface area contributed by atoms with Crippen molar-refractivity contribution in [1.82, 2.24) is 5.43 Å². The van der Waals surface area contributed by atoms with E-state index in [0.29, 0.717) is 11.0 Å². The Morgan fingerprint density at radius 1 is 1.16 bits per heavy atom. The van der Waals surface area contributed by atoms with Gasteiger partial charge in [0.2, 0.25) is 0 Å². The van der Waals surface area contributed by atoms with Gasteiger partial charge in [-0.1, -0.05) is 0 Å². The first-order valence-corrected chi connectivity index (χ1v) is 8.39. The zero-order valence-corrected chi connectivity index (χ0v) is 13.7. The zero-order valence-electron chi connectivity index (χ0n) is 12.8. The Kier molecular flexibility index (Phi) is 5.44. The Hall–Kier alpha value is -2.86. The fraction of sp³-hybridized carbons (Fsp3) is 0.125. The van der Waals surface area contributed by atoms with E-state index in [2.05, 4.69) is 10.9 Å². The minimum atomic E-state index is -4.69. The number of halogens is 3. The molecule has 0 aliphatic carbocycles. The summed E-state index contributed by atoms with van der Waals surface area (Å²) in [6.45, 7) is 0. The fourth-order valence-corrected chi connectivity index (χ4v) is 2.47. The highest BCUT2D eigenvalue weighted by Crippen LogP contribution is 2.35. The van der Waals surface area contributed by atoms with Crippen molar-refractivity contribution in [3.63, 3.8) is 0 Å². The minimum Gasteiger partial charge on any atom is -0.298 e. The standard InChI is InChI=1S/C16H12F3N3O2S/c1-25(24)12-5-3-11(4-6-12)15(23)22-21-14-7-2-10(9-20)8-13(14)16(17,18)19/h2-8,21H,1H3,(H,22,23). The van der Waals surface area contributed by atoms with E-state index in [0.717, 1.165) is 6.07 Å². The van der Waals surface area contributed by atoms with E-state index in [4.69, 9.17) is 5.26 Å². The maximum atomic E-state index is 13.0. The van der Waals surface area contributed by atoms with Crippen molar-refractivity contribution in [1.29, 1.82) is 5.26 Å². The number of hydrazine groups is 1. The molecule has 25 heavy (non-hydrogen) atoms. The van der Waals surface area contributed by atoms with E-state index in [9.17, 15) is 22.2 Å². The Morgan fingerprint density at radius 3 is 2.32 bits per heavy atom. The lowest BCUT2D eigenvalue weighted by Crippen LogP contribution is -2.30. The molecule has 1 unspecified atom stereocenters. The van der Waals surface area contributed by atoms with E-state index in [-0.39, 0.29) is 16.8 Å². The van der Waals surface area contributed by atoms with Crippen molar-refractivity contribution in [2.45, 2.75) is 11.1 Å². The van der Waals surface area contributed by atoms with Crippen molar-refractivity contribution in [3.8, 4) is 6.07 Å². The zero-order chi connectivity index (χ0) is 18.6. The lowest BCUT2D eigenvalue weighted by molar-refractivity contribution is -0.137. The molecular weight excluding hydrogens is 355 g/mol. The average molecular weight is 367 g/mol. The molecule has 0 heterocycles. The van der Waals surface area contributed by atoms with Crippen LogP contribution < -0.4 is 10.9 Å². The van der Waals surface area contributed by atoms with Gasteiger partial charge in [0.1, 0.15) is 0 Å². The quantitative estimate of drug-likeness (QED) is 0.814. The van der Waals surface area contributed by atoms with Crippen LogP contribution in [0.1, 0.15) is 21.5 Å². The van der Waals surface area contributed by atoms with Crippen LogP contribution in [0, 0.1) is 11.3 Å². The topological polar surface area (TPSA) is 82.0 Å². The number of nitriles is 1. The maximum Gasteiger partial charge on any atom is 0.418 e. The number of alkyl halides is 3. The first-order valence-electron chi connectivity index (χ1n) is 6.83. The highest BCUT2D eigenvalue weighted by atomic mass is 32.2. The highest BCUT2D eigenvalue weighted by molar-refractivity contribution is 7.84. The first kappa shape index (κ1) is 18.5. The van der Waals surface area contributed by atoms with Gasteiger partial charge >= 0.3 is 6.18 Å². The van der Waals surface area contributed by atoms with E-state index in [1.807, 2.05) is 0 Å². The fourth-order valence-electron chi connectivity index (χ4n) is 1.95. The molecule has 0 spiro atoms. The number of hydrogen-bond acceptors (Lipinski definition) is 4. The molecule has 0 saturated carbocycles. The normalized spacial score (nSPS) is 12.1. The summed E-state index contributed by atoms with van der Waals surface area (Å²) in [5, 5.41) is 8.72. The van der Waals surface area contributed by atoms with Gasteiger partial charge in [0.15, 0.2) is 0 Å². The highest BCUT2D eigenvalue weighted by Gasteiger charge is 2.34. The summed E-state index contributed by atoms with van der Waals surface area (Å²) in [6.07, 6.45) is -3.20. The van der Waals surface area contributed by atoms with E-state index >= 15 is 0 Å². The second-order valence-electron chi connectivity index (χ2n) is 4.93. The summed E-state index contributed by atoms with van der Waals surface area (Å²) in [6, 6.07) is 10.4. The predicted molar refractivity (Wildman–Crippen MR) is 86.0 cm³/mol. The third-order valence-electron chi connectivity index (χ3n) is 3.21. The van der Waals surface area contributed by atoms with Gasteiger partial charge in [-0.05, 0) is 42.5 Å². The molecule has 0 radical (unpaired) electrons. The number of carbonyl (C=O) groups is 1. The Balaban J connectivity index is 2.17. The van der Waals surface area contributed by atoms with Crippen LogP contribution in [0.25, 0.3) is 0 Å². The van der Waals surface area contributed by atoms with Crippen LogP contribution in [-0.4, -0.2) is 16.4 Å². The van der Waals surface area contributed by atoms with Gasteiger partial charge < -0.3 is 0 Å².